The summed E-state index contributed by atoms with van der Waals surface area (Å²) in [7, 11) is 0. The summed E-state index contributed by atoms with van der Waals surface area (Å²) < 4.78 is 0. The van der Waals surface area contributed by atoms with Gasteiger partial charge in [0, 0.05) is 36.8 Å². The van der Waals surface area contributed by atoms with Crippen LogP contribution in [0.5, 0.6) is 0 Å². The fourth-order valence-electron chi connectivity index (χ4n) is 2.48. The Morgan fingerprint density at radius 3 is 3.00 bits per heavy atom. The smallest absolute Gasteiger partial charge is 0.312 e. The lowest BCUT2D eigenvalue weighted by Gasteiger charge is -2.27. The van der Waals surface area contributed by atoms with E-state index < -0.39 is 0 Å². The maximum absolute atomic E-state index is 11.6. The van der Waals surface area contributed by atoms with Crippen LogP contribution >= 0.6 is 22.9 Å². The van der Waals surface area contributed by atoms with Gasteiger partial charge in [-0.1, -0.05) is 23.7 Å². The van der Waals surface area contributed by atoms with Crippen molar-refractivity contribution in [2.45, 2.75) is 13.0 Å². The Kier molecular flexibility index (Phi) is 5.22. The van der Waals surface area contributed by atoms with Crippen molar-refractivity contribution in [1.82, 2.24) is 9.88 Å². The molecule has 0 saturated carbocycles. The molecule has 124 valence electrons. The van der Waals surface area contributed by atoms with Gasteiger partial charge in [-0.2, -0.15) is 0 Å². The summed E-state index contributed by atoms with van der Waals surface area (Å²) in [6.45, 7) is 1.83. The highest BCUT2D eigenvalue weighted by Gasteiger charge is 2.27. The number of thiophene rings is 1. The normalized spacial score (nSPS) is 15.3. The Labute approximate surface area is 148 Å². The molecule has 3 rings (SSSR count). The number of hydrogen-bond acceptors (Lipinski definition) is 6. The van der Waals surface area contributed by atoms with E-state index in [0.29, 0.717) is 24.1 Å². The van der Waals surface area contributed by atoms with Crippen LogP contribution in [0.2, 0.25) is 5.15 Å². The first-order valence-electron chi connectivity index (χ1n) is 7.43. The molecule has 0 unspecified atom stereocenters. The molecule has 0 radical (unpaired) electrons. The molecular weight excluding hydrogens is 348 g/mol. The van der Waals surface area contributed by atoms with E-state index in [1.807, 2.05) is 28.5 Å². The third-order valence-corrected chi connectivity index (χ3v) is 4.60. The van der Waals surface area contributed by atoms with Gasteiger partial charge in [-0.05, 0) is 29.5 Å². The van der Waals surface area contributed by atoms with Crippen molar-refractivity contribution in [2.24, 2.45) is 4.99 Å². The van der Waals surface area contributed by atoms with Gasteiger partial charge in [0.1, 0.15) is 5.15 Å². The quantitative estimate of drug-likeness (QED) is 0.461. The van der Waals surface area contributed by atoms with E-state index in [2.05, 4.69) is 9.98 Å². The van der Waals surface area contributed by atoms with Crippen LogP contribution in [0.25, 0.3) is 6.08 Å². The number of amidine groups is 1. The van der Waals surface area contributed by atoms with Crippen molar-refractivity contribution >= 4 is 34.8 Å². The fraction of sp³-hybridized carbons (Fsp3) is 0.250. The predicted molar refractivity (Wildman–Crippen MR) is 95.9 cm³/mol. The van der Waals surface area contributed by atoms with E-state index in [9.17, 15) is 10.1 Å². The molecule has 1 aliphatic rings. The molecule has 0 N–H and O–H groups in total. The molecule has 0 aliphatic carbocycles. The van der Waals surface area contributed by atoms with E-state index >= 15 is 0 Å². The predicted octanol–water partition coefficient (Wildman–Crippen LogP) is 3.72. The van der Waals surface area contributed by atoms with Gasteiger partial charge in [-0.3, -0.25) is 15.1 Å². The fourth-order valence-corrected chi connectivity index (χ4v) is 3.24. The first-order valence-corrected chi connectivity index (χ1v) is 8.69. The second-order valence-electron chi connectivity index (χ2n) is 5.27. The summed E-state index contributed by atoms with van der Waals surface area (Å²) in [6.07, 6.45) is 4.14. The van der Waals surface area contributed by atoms with E-state index in [1.54, 1.807) is 18.3 Å². The van der Waals surface area contributed by atoms with E-state index in [1.165, 1.54) is 11.3 Å². The summed E-state index contributed by atoms with van der Waals surface area (Å²) in [6, 6.07) is 7.31. The molecule has 6 nitrogen and oxygen atoms in total. The van der Waals surface area contributed by atoms with Crippen molar-refractivity contribution in [3.8, 4) is 0 Å². The lowest BCUT2D eigenvalue weighted by atomic mass is 10.2. The number of pyridine rings is 1. The number of aliphatic imine (C=N–C) groups is 1. The molecule has 0 fully saturated rings. The molecule has 1 aliphatic heterocycles. The average molecular weight is 363 g/mol. The lowest BCUT2D eigenvalue weighted by Crippen LogP contribution is -2.38. The highest BCUT2D eigenvalue weighted by molar-refractivity contribution is 7.10. The minimum Gasteiger partial charge on any atom is -0.347 e. The number of aromatic nitrogens is 1. The van der Waals surface area contributed by atoms with Gasteiger partial charge in [0.15, 0.2) is 0 Å². The zero-order chi connectivity index (χ0) is 16.9. The number of rotatable bonds is 5. The second-order valence-corrected chi connectivity index (χ2v) is 6.64. The maximum Gasteiger partial charge on any atom is 0.312 e. The summed E-state index contributed by atoms with van der Waals surface area (Å²) >= 11 is 7.27. The topological polar surface area (TPSA) is 71.6 Å². The molecule has 0 atom stereocenters. The largest absolute Gasteiger partial charge is 0.347 e. The van der Waals surface area contributed by atoms with Crippen LogP contribution in [-0.4, -0.2) is 33.7 Å². The molecule has 0 bridgehead atoms. The van der Waals surface area contributed by atoms with Crippen molar-refractivity contribution in [1.29, 1.82) is 0 Å². The van der Waals surface area contributed by atoms with Crippen LogP contribution in [0, 0.1) is 10.1 Å². The first-order chi connectivity index (χ1) is 11.6. The van der Waals surface area contributed by atoms with E-state index in [0.717, 1.165) is 23.4 Å². The Balaban J connectivity index is 1.88. The average Bonchev–Trinajstić information content (AvgIpc) is 3.08. The summed E-state index contributed by atoms with van der Waals surface area (Å²) in [5, 5.41) is 13.9. The zero-order valence-electron chi connectivity index (χ0n) is 12.8. The molecule has 0 amide bonds. The Hall–Kier alpha value is -2.25. The molecule has 2 aromatic heterocycles. The minimum atomic E-state index is -0.364. The summed E-state index contributed by atoms with van der Waals surface area (Å²) in [4.78, 5) is 22.5. The van der Waals surface area contributed by atoms with Crippen LogP contribution in [0.15, 0.2) is 46.5 Å². The number of halogens is 1. The standard InChI is InChI=1S/C16H15ClN4O2S/c17-15-5-4-12(10-19-15)11-20-7-2-6-18-16(20)14(21(22)23)9-13-3-1-8-24-13/h1,3-5,8-10H,2,6-7,11H2/b14-9-. The summed E-state index contributed by atoms with van der Waals surface area (Å²) in [5.41, 5.74) is 0.965. The van der Waals surface area contributed by atoms with Gasteiger partial charge >= 0.3 is 5.70 Å². The molecule has 3 heterocycles. The van der Waals surface area contributed by atoms with Gasteiger partial charge in [-0.15, -0.1) is 11.3 Å². The third kappa shape index (κ3) is 3.98. The van der Waals surface area contributed by atoms with E-state index in [4.69, 9.17) is 11.6 Å². The molecular formula is C16H15ClN4O2S. The van der Waals surface area contributed by atoms with Crippen molar-refractivity contribution < 1.29 is 4.92 Å². The first kappa shape index (κ1) is 16.6. The van der Waals surface area contributed by atoms with Crippen molar-refractivity contribution in [3.63, 3.8) is 0 Å². The number of hydrogen-bond donors (Lipinski definition) is 0. The van der Waals surface area contributed by atoms with Gasteiger partial charge in [-0.25, -0.2) is 4.98 Å². The molecule has 0 saturated heterocycles. The number of nitro groups is 1. The third-order valence-electron chi connectivity index (χ3n) is 3.56. The summed E-state index contributed by atoms with van der Waals surface area (Å²) in [5.74, 6) is 0.426. The van der Waals surface area contributed by atoms with Crippen LogP contribution in [-0.2, 0) is 6.54 Å². The highest BCUT2D eigenvalue weighted by Crippen LogP contribution is 2.20. The van der Waals surface area contributed by atoms with Crippen LogP contribution in [0.4, 0.5) is 0 Å². The van der Waals surface area contributed by atoms with E-state index in [-0.39, 0.29) is 10.6 Å². The van der Waals surface area contributed by atoms with Crippen molar-refractivity contribution in [2.75, 3.05) is 13.1 Å². The molecule has 0 spiro atoms. The number of nitrogens with zero attached hydrogens (tertiary/aromatic N) is 4. The van der Waals surface area contributed by atoms with Gasteiger partial charge < -0.3 is 4.90 Å². The van der Waals surface area contributed by atoms with Gasteiger partial charge in [0.05, 0.1) is 4.92 Å². The van der Waals surface area contributed by atoms with Gasteiger partial charge in [0.2, 0.25) is 5.84 Å². The molecule has 0 aromatic carbocycles. The molecule has 8 heteroatoms. The maximum atomic E-state index is 11.6. The monoisotopic (exact) mass is 362 g/mol. The Morgan fingerprint density at radius 2 is 2.33 bits per heavy atom. The second kappa shape index (κ2) is 7.55. The Morgan fingerprint density at radius 1 is 1.46 bits per heavy atom. The minimum absolute atomic E-state index is 0.0269. The van der Waals surface area contributed by atoms with Gasteiger partial charge in [0.25, 0.3) is 0 Å². The van der Waals surface area contributed by atoms with Crippen LogP contribution < -0.4 is 0 Å². The molecule has 24 heavy (non-hydrogen) atoms. The zero-order valence-corrected chi connectivity index (χ0v) is 14.3. The molecule has 2 aromatic rings. The SMILES string of the molecule is O=[N+]([O-])/C(=C\c1cccs1)C1=NCCCN1Cc1ccc(Cl)nc1. The lowest BCUT2D eigenvalue weighted by molar-refractivity contribution is -0.414. The Bertz CT molecular complexity index is 772. The van der Waals surface area contributed by atoms with Crippen molar-refractivity contribution in [3.05, 3.63) is 67.2 Å². The van der Waals surface area contributed by atoms with Crippen LogP contribution in [0.1, 0.15) is 16.9 Å². The van der Waals surface area contributed by atoms with Crippen LogP contribution in [0.3, 0.4) is 0 Å². The highest BCUT2D eigenvalue weighted by atomic mass is 35.5.